The lowest BCUT2D eigenvalue weighted by atomic mass is 9.85. The Morgan fingerprint density at radius 1 is 1.04 bits per heavy atom. The molecule has 2 aliphatic rings. The Morgan fingerprint density at radius 3 is 2.04 bits per heavy atom. The van der Waals surface area contributed by atoms with Gasteiger partial charge in [-0.15, -0.1) is 0 Å². The molecule has 8 heteroatoms. The summed E-state index contributed by atoms with van der Waals surface area (Å²) < 4.78 is 0. The minimum absolute atomic E-state index is 0.0304. The summed E-state index contributed by atoms with van der Waals surface area (Å²) >= 11 is 0. The largest absolute Gasteiger partial charge is 0.342 e. The molecule has 0 aromatic carbocycles. The molecule has 0 aromatic heterocycles. The number of carbonyl (C=O) groups excluding carboxylic acids is 3. The molecule has 2 rings (SSSR count). The summed E-state index contributed by atoms with van der Waals surface area (Å²) in [6.07, 6.45) is 1.56. The Labute approximate surface area is 162 Å². The number of urea groups is 1. The van der Waals surface area contributed by atoms with Crippen molar-refractivity contribution in [3.63, 3.8) is 0 Å². The van der Waals surface area contributed by atoms with E-state index in [1.165, 1.54) is 0 Å². The number of carbonyl (C=O) groups is 3. The van der Waals surface area contributed by atoms with Crippen molar-refractivity contribution in [1.82, 2.24) is 25.3 Å². The molecule has 2 heterocycles. The Kier molecular flexibility index (Phi) is 6.39. The smallest absolute Gasteiger partial charge is 0.317 e. The van der Waals surface area contributed by atoms with Crippen molar-refractivity contribution in [3.8, 4) is 0 Å². The van der Waals surface area contributed by atoms with E-state index in [1.807, 2.05) is 56.5 Å². The predicted molar refractivity (Wildman–Crippen MR) is 104 cm³/mol. The van der Waals surface area contributed by atoms with E-state index in [0.29, 0.717) is 13.1 Å². The molecule has 154 valence electrons. The summed E-state index contributed by atoms with van der Waals surface area (Å²) in [5.41, 5.74) is -0.407. The first-order chi connectivity index (χ1) is 12.5. The third kappa shape index (κ3) is 4.36. The fourth-order valence-electron chi connectivity index (χ4n) is 3.97. The lowest BCUT2D eigenvalue weighted by Gasteiger charge is -2.36. The number of nitrogens with one attached hydrogen (secondary N) is 2. The quantitative estimate of drug-likeness (QED) is 0.742. The van der Waals surface area contributed by atoms with Gasteiger partial charge in [0.05, 0.1) is 18.1 Å². The number of hydrogen-bond donors (Lipinski definition) is 2. The van der Waals surface area contributed by atoms with Crippen molar-refractivity contribution in [1.29, 1.82) is 0 Å². The number of amides is 4. The van der Waals surface area contributed by atoms with Crippen molar-refractivity contribution in [2.45, 2.75) is 64.7 Å². The topological polar surface area (TPSA) is 85.0 Å². The molecule has 2 saturated heterocycles. The monoisotopic (exact) mass is 381 g/mol. The summed E-state index contributed by atoms with van der Waals surface area (Å²) in [6.45, 7) is 9.00. The van der Waals surface area contributed by atoms with Crippen LogP contribution in [0.15, 0.2) is 0 Å². The van der Waals surface area contributed by atoms with Crippen LogP contribution in [0.5, 0.6) is 0 Å². The Hall–Kier alpha value is -1.83. The fourth-order valence-corrected chi connectivity index (χ4v) is 3.97. The van der Waals surface area contributed by atoms with Gasteiger partial charge in [0.2, 0.25) is 11.8 Å². The van der Waals surface area contributed by atoms with Gasteiger partial charge < -0.3 is 20.4 Å². The molecule has 3 unspecified atom stereocenters. The third-order valence-electron chi connectivity index (χ3n) is 5.89. The van der Waals surface area contributed by atoms with E-state index < -0.39 is 11.5 Å². The highest BCUT2D eigenvalue weighted by atomic mass is 16.2. The van der Waals surface area contributed by atoms with Crippen LogP contribution in [0, 0.1) is 5.41 Å². The van der Waals surface area contributed by atoms with Crippen molar-refractivity contribution in [2.24, 2.45) is 5.41 Å². The molecule has 2 N–H and O–H groups in total. The van der Waals surface area contributed by atoms with Crippen molar-refractivity contribution in [3.05, 3.63) is 0 Å². The van der Waals surface area contributed by atoms with Crippen LogP contribution in [0.4, 0.5) is 4.79 Å². The second-order valence-corrected chi connectivity index (χ2v) is 8.94. The van der Waals surface area contributed by atoms with Gasteiger partial charge >= 0.3 is 6.03 Å². The minimum atomic E-state index is -0.597. The molecule has 27 heavy (non-hydrogen) atoms. The van der Waals surface area contributed by atoms with Gasteiger partial charge in [0.15, 0.2) is 0 Å². The first-order valence-corrected chi connectivity index (χ1v) is 9.74. The molecule has 0 aliphatic carbocycles. The summed E-state index contributed by atoms with van der Waals surface area (Å²) in [4.78, 5) is 43.6. The molecule has 2 aliphatic heterocycles. The van der Waals surface area contributed by atoms with Gasteiger partial charge in [-0.05, 0) is 39.3 Å². The van der Waals surface area contributed by atoms with E-state index in [1.54, 1.807) is 7.05 Å². The number of likely N-dealkylation sites (N-methyl/N-ethyl adjacent to an activating group) is 1. The lowest BCUT2D eigenvalue weighted by Crippen LogP contribution is -2.58. The van der Waals surface area contributed by atoms with Crippen LogP contribution in [0.3, 0.4) is 0 Å². The van der Waals surface area contributed by atoms with E-state index in [9.17, 15) is 14.4 Å². The van der Waals surface area contributed by atoms with Crippen molar-refractivity contribution in [2.75, 3.05) is 34.2 Å². The van der Waals surface area contributed by atoms with Crippen LogP contribution in [0.1, 0.15) is 40.5 Å². The van der Waals surface area contributed by atoms with Crippen LogP contribution in [-0.2, 0) is 9.59 Å². The highest BCUT2D eigenvalue weighted by Gasteiger charge is 2.48. The first-order valence-electron chi connectivity index (χ1n) is 9.74. The maximum absolute atomic E-state index is 13.4. The van der Waals surface area contributed by atoms with Gasteiger partial charge in [-0.3, -0.25) is 14.5 Å². The zero-order valence-electron chi connectivity index (χ0n) is 17.7. The van der Waals surface area contributed by atoms with Crippen LogP contribution in [0.25, 0.3) is 0 Å². The van der Waals surface area contributed by atoms with Gasteiger partial charge in [-0.1, -0.05) is 20.8 Å². The second kappa shape index (κ2) is 8.04. The highest BCUT2D eigenvalue weighted by Crippen LogP contribution is 2.33. The van der Waals surface area contributed by atoms with Crippen LogP contribution >= 0.6 is 0 Å². The van der Waals surface area contributed by atoms with Crippen LogP contribution < -0.4 is 10.6 Å². The maximum Gasteiger partial charge on any atom is 0.317 e. The molecule has 0 spiro atoms. The zero-order valence-corrected chi connectivity index (χ0v) is 17.7. The molecule has 0 bridgehead atoms. The molecule has 4 amide bonds. The van der Waals surface area contributed by atoms with Crippen molar-refractivity contribution >= 4 is 17.8 Å². The number of rotatable bonds is 4. The van der Waals surface area contributed by atoms with Gasteiger partial charge in [0.1, 0.15) is 6.04 Å². The Morgan fingerprint density at radius 2 is 1.56 bits per heavy atom. The average molecular weight is 382 g/mol. The summed E-state index contributed by atoms with van der Waals surface area (Å²) in [5, 5.41) is 5.66. The fraction of sp³-hybridized carbons (Fsp3) is 0.842. The maximum atomic E-state index is 13.4. The van der Waals surface area contributed by atoms with E-state index in [-0.39, 0.29) is 36.0 Å². The zero-order chi connectivity index (χ0) is 20.5. The SMILES string of the molecule is CNC(=O)N1CCC2C1CCN2C(=O)C(NC(=O)[C@H](C)N(C)C)C(C)(C)C. The number of nitrogens with zero attached hydrogens (tertiary/aromatic N) is 3. The molecule has 0 saturated carbocycles. The second-order valence-electron chi connectivity index (χ2n) is 8.94. The molecular formula is C19H35N5O3. The van der Waals surface area contributed by atoms with E-state index in [2.05, 4.69) is 10.6 Å². The highest BCUT2D eigenvalue weighted by molar-refractivity contribution is 5.90. The summed E-state index contributed by atoms with van der Waals surface area (Å²) in [6, 6.07) is -0.907. The average Bonchev–Trinajstić information content (AvgIpc) is 3.18. The predicted octanol–water partition coefficient (Wildman–Crippen LogP) is 0.482. The van der Waals surface area contributed by atoms with Gasteiger partial charge in [0.25, 0.3) is 0 Å². The standard InChI is InChI=1S/C19H35N5O3/c1-12(22(6)7)16(25)21-15(19(2,3)4)17(26)23-10-8-14-13(23)9-11-24(14)18(27)20-5/h12-15H,8-11H2,1-7H3,(H,20,27)(H,21,25)/t12-,13?,14?,15?/m0/s1. The van der Waals surface area contributed by atoms with Crippen LogP contribution in [0.2, 0.25) is 0 Å². The summed E-state index contributed by atoms with van der Waals surface area (Å²) in [5.74, 6) is -0.199. The Balaban J connectivity index is 2.15. The minimum Gasteiger partial charge on any atom is -0.342 e. The Bertz CT molecular complexity index is 586. The summed E-state index contributed by atoms with van der Waals surface area (Å²) in [7, 11) is 5.31. The molecule has 0 radical (unpaired) electrons. The van der Waals surface area contributed by atoms with Gasteiger partial charge in [0, 0.05) is 20.1 Å². The molecule has 2 fully saturated rings. The normalized spacial score (nSPS) is 24.6. The number of fused-ring (bicyclic) bond motifs is 1. The van der Waals surface area contributed by atoms with Crippen molar-refractivity contribution < 1.29 is 14.4 Å². The third-order valence-corrected chi connectivity index (χ3v) is 5.89. The molecule has 4 atom stereocenters. The van der Waals surface area contributed by atoms with Crippen LogP contribution in [-0.4, -0.2) is 90.9 Å². The van der Waals surface area contributed by atoms with Gasteiger partial charge in [-0.2, -0.15) is 0 Å². The molecule has 0 aromatic rings. The van der Waals surface area contributed by atoms with E-state index in [4.69, 9.17) is 0 Å². The van der Waals surface area contributed by atoms with Gasteiger partial charge in [-0.25, -0.2) is 4.79 Å². The van der Waals surface area contributed by atoms with E-state index >= 15 is 0 Å². The number of likely N-dealkylation sites (tertiary alicyclic amines) is 2. The van der Waals surface area contributed by atoms with E-state index in [0.717, 1.165) is 12.8 Å². The lowest BCUT2D eigenvalue weighted by molar-refractivity contribution is -0.141. The first kappa shape index (κ1) is 21.5. The number of hydrogen-bond acceptors (Lipinski definition) is 4. The molecule has 8 nitrogen and oxygen atoms in total. The molecular weight excluding hydrogens is 346 g/mol.